The molecule has 2 rings (SSSR count). The molecule has 0 bridgehead atoms. The number of rotatable bonds is 4. The summed E-state index contributed by atoms with van der Waals surface area (Å²) in [6, 6.07) is 1.88. The molecule has 0 spiro atoms. The quantitative estimate of drug-likeness (QED) is 0.642. The number of thioether (sulfide) groups is 1. The number of phenolic OH excluding ortho intramolecular Hbond substituents is 1. The number of methoxy groups -OCH3 is 2. The fraction of sp³-hybridized carbons (Fsp3) is 0.267. The van der Waals surface area contributed by atoms with Crippen LogP contribution in [-0.4, -0.2) is 47.4 Å². The summed E-state index contributed by atoms with van der Waals surface area (Å²) in [5, 5.41) is 9.19. The van der Waals surface area contributed by atoms with Crippen molar-refractivity contribution in [2.45, 2.75) is 13.0 Å². The Hall–Kier alpha value is -2.19. The summed E-state index contributed by atoms with van der Waals surface area (Å²) in [5.41, 5.74) is 0.464. The van der Waals surface area contributed by atoms with E-state index in [9.17, 15) is 19.5 Å². The van der Waals surface area contributed by atoms with E-state index in [1.54, 1.807) is 0 Å². The molecule has 1 N–H and O–H groups in total. The fourth-order valence-corrected chi connectivity index (χ4v) is 3.20. The molecule has 1 fully saturated rings. The monoisotopic (exact) mass is 371 g/mol. The highest BCUT2D eigenvalue weighted by molar-refractivity contribution is 8.18. The topological polar surface area (TPSA) is 93.1 Å². The van der Waals surface area contributed by atoms with Gasteiger partial charge in [0, 0.05) is 0 Å². The smallest absolute Gasteiger partial charge is 0.328 e. The predicted molar refractivity (Wildman–Crippen MR) is 89.0 cm³/mol. The van der Waals surface area contributed by atoms with Crippen LogP contribution in [0.15, 0.2) is 17.0 Å². The number of benzene rings is 1. The molecule has 0 saturated carbocycles. The zero-order valence-corrected chi connectivity index (χ0v) is 14.6. The lowest BCUT2D eigenvalue weighted by molar-refractivity contribution is -0.148. The number of phenols is 1. The van der Waals surface area contributed by atoms with Gasteiger partial charge in [-0.05, 0) is 42.5 Å². The molecular weight excluding hydrogens is 358 g/mol. The van der Waals surface area contributed by atoms with Crippen LogP contribution < -0.4 is 4.74 Å². The zero-order chi connectivity index (χ0) is 18.0. The van der Waals surface area contributed by atoms with Crippen molar-refractivity contribution < 1.29 is 29.0 Å². The van der Waals surface area contributed by atoms with Gasteiger partial charge in [-0.3, -0.25) is 14.5 Å². The van der Waals surface area contributed by atoms with Gasteiger partial charge in [0.05, 0.1) is 24.1 Å². The van der Waals surface area contributed by atoms with Crippen LogP contribution in [0.25, 0.3) is 6.08 Å². The van der Waals surface area contributed by atoms with Gasteiger partial charge in [-0.15, -0.1) is 0 Å². The normalized spacial score (nSPS) is 17.3. The minimum Gasteiger partial charge on any atom is -0.503 e. The average Bonchev–Trinajstić information content (AvgIpc) is 2.83. The first-order valence-corrected chi connectivity index (χ1v) is 7.91. The molecule has 1 saturated heterocycles. The van der Waals surface area contributed by atoms with Crippen LogP contribution in [0.2, 0.25) is 5.02 Å². The molecule has 0 aliphatic carbocycles. The summed E-state index contributed by atoms with van der Waals surface area (Å²) in [6.07, 6.45) is 1.43. The highest BCUT2D eigenvalue weighted by Crippen LogP contribution is 2.38. The number of aromatic hydroxyl groups is 1. The molecule has 1 aliphatic heterocycles. The zero-order valence-electron chi connectivity index (χ0n) is 13.0. The molecule has 1 aromatic rings. The Morgan fingerprint density at radius 1 is 1.38 bits per heavy atom. The number of hydrogen-bond donors (Lipinski definition) is 1. The van der Waals surface area contributed by atoms with Crippen LogP contribution in [0.1, 0.15) is 12.5 Å². The van der Waals surface area contributed by atoms with E-state index in [1.165, 1.54) is 39.4 Å². The van der Waals surface area contributed by atoms with Crippen molar-refractivity contribution in [1.29, 1.82) is 0 Å². The standard InChI is InChI=1S/C15H14ClNO6S/c1-7(14(20)23-3)17-13(19)11(24-15(17)21)6-8-4-9(16)12(18)10(5-8)22-2/h4-7,18H,1-3H3/b11-6+/t7-/m1/s1. The van der Waals surface area contributed by atoms with Crippen LogP contribution in [0, 0.1) is 0 Å². The molecule has 1 aromatic carbocycles. The number of hydrogen-bond acceptors (Lipinski definition) is 7. The Bertz CT molecular complexity index is 748. The van der Waals surface area contributed by atoms with E-state index in [0.29, 0.717) is 17.3 Å². The molecule has 1 aliphatic rings. The molecule has 128 valence electrons. The highest BCUT2D eigenvalue weighted by Gasteiger charge is 2.41. The summed E-state index contributed by atoms with van der Waals surface area (Å²) in [5.74, 6) is -1.38. The third-order valence-corrected chi connectivity index (χ3v) is 4.49. The molecule has 0 unspecified atom stereocenters. The Morgan fingerprint density at radius 3 is 2.62 bits per heavy atom. The van der Waals surface area contributed by atoms with Crippen molar-refractivity contribution in [3.8, 4) is 11.5 Å². The van der Waals surface area contributed by atoms with Crippen molar-refractivity contribution in [3.05, 3.63) is 27.6 Å². The Balaban J connectivity index is 2.36. The summed E-state index contributed by atoms with van der Waals surface area (Å²) in [7, 11) is 2.54. The molecular formula is C15H14ClNO6S. The van der Waals surface area contributed by atoms with Gasteiger partial charge in [0.25, 0.3) is 11.1 Å². The van der Waals surface area contributed by atoms with Crippen molar-refractivity contribution in [1.82, 2.24) is 4.90 Å². The highest BCUT2D eigenvalue weighted by atomic mass is 35.5. The largest absolute Gasteiger partial charge is 0.503 e. The second-order valence-corrected chi connectivity index (χ2v) is 6.20. The predicted octanol–water partition coefficient (Wildman–Crippen LogP) is 2.65. The number of carbonyl (C=O) groups excluding carboxylic acids is 3. The molecule has 1 atom stereocenters. The third-order valence-electron chi connectivity index (χ3n) is 3.32. The second-order valence-electron chi connectivity index (χ2n) is 4.80. The number of carbonyl (C=O) groups is 3. The van der Waals surface area contributed by atoms with Gasteiger partial charge < -0.3 is 14.6 Å². The van der Waals surface area contributed by atoms with Crippen LogP contribution in [-0.2, 0) is 14.3 Å². The van der Waals surface area contributed by atoms with Gasteiger partial charge in [0.15, 0.2) is 11.5 Å². The molecule has 0 radical (unpaired) electrons. The Kier molecular flexibility index (Phi) is 5.40. The maximum atomic E-state index is 12.4. The van der Waals surface area contributed by atoms with Gasteiger partial charge >= 0.3 is 5.97 Å². The van der Waals surface area contributed by atoms with E-state index in [-0.39, 0.29) is 21.4 Å². The van der Waals surface area contributed by atoms with E-state index < -0.39 is 23.2 Å². The minimum atomic E-state index is -1.02. The number of nitrogens with zero attached hydrogens (tertiary/aromatic N) is 1. The van der Waals surface area contributed by atoms with E-state index >= 15 is 0 Å². The lowest BCUT2D eigenvalue weighted by Gasteiger charge is -2.18. The molecule has 9 heteroatoms. The maximum Gasteiger partial charge on any atom is 0.328 e. The van der Waals surface area contributed by atoms with Crippen molar-refractivity contribution >= 4 is 46.6 Å². The number of amides is 2. The molecule has 24 heavy (non-hydrogen) atoms. The maximum absolute atomic E-state index is 12.4. The Labute approximate surface area is 147 Å². The molecule has 0 aromatic heterocycles. The van der Waals surface area contributed by atoms with Crippen molar-refractivity contribution in [2.24, 2.45) is 0 Å². The minimum absolute atomic E-state index is 0.0442. The van der Waals surface area contributed by atoms with Crippen molar-refractivity contribution in [3.63, 3.8) is 0 Å². The summed E-state index contributed by atoms with van der Waals surface area (Å²) in [6.45, 7) is 1.41. The van der Waals surface area contributed by atoms with Gasteiger partial charge in [-0.1, -0.05) is 11.6 Å². The SMILES string of the molecule is COC(=O)[C@@H](C)N1C(=O)S/C(=C/c2cc(Cl)c(O)c(OC)c2)C1=O. The van der Waals surface area contributed by atoms with E-state index in [4.69, 9.17) is 16.3 Å². The Morgan fingerprint density at radius 2 is 2.04 bits per heavy atom. The summed E-state index contributed by atoms with van der Waals surface area (Å²) < 4.78 is 9.55. The lowest BCUT2D eigenvalue weighted by atomic mass is 10.1. The first-order chi connectivity index (χ1) is 11.3. The van der Waals surface area contributed by atoms with Gasteiger partial charge in [0.1, 0.15) is 6.04 Å². The fourth-order valence-electron chi connectivity index (χ4n) is 2.07. The van der Waals surface area contributed by atoms with E-state index in [0.717, 1.165) is 4.90 Å². The first-order valence-electron chi connectivity index (χ1n) is 6.71. The second kappa shape index (κ2) is 7.14. The van der Waals surface area contributed by atoms with Gasteiger partial charge in [-0.2, -0.15) is 0 Å². The average molecular weight is 372 g/mol. The summed E-state index contributed by atoms with van der Waals surface area (Å²) in [4.78, 5) is 36.9. The number of esters is 1. The van der Waals surface area contributed by atoms with E-state index in [2.05, 4.69) is 4.74 Å². The third kappa shape index (κ3) is 3.34. The van der Waals surface area contributed by atoms with E-state index in [1.807, 2.05) is 0 Å². The van der Waals surface area contributed by atoms with Crippen LogP contribution in [0.5, 0.6) is 11.5 Å². The van der Waals surface area contributed by atoms with Crippen LogP contribution in [0.4, 0.5) is 4.79 Å². The van der Waals surface area contributed by atoms with Gasteiger partial charge in [0.2, 0.25) is 0 Å². The van der Waals surface area contributed by atoms with Crippen LogP contribution in [0.3, 0.4) is 0 Å². The molecule has 2 amide bonds. The van der Waals surface area contributed by atoms with Gasteiger partial charge in [-0.25, -0.2) is 4.79 Å². The lowest BCUT2D eigenvalue weighted by Crippen LogP contribution is -2.42. The summed E-state index contributed by atoms with van der Waals surface area (Å²) >= 11 is 6.60. The van der Waals surface area contributed by atoms with Crippen LogP contribution >= 0.6 is 23.4 Å². The molecule has 7 nitrogen and oxygen atoms in total. The van der Waals surface area contributed by atoms with Crippen molar-refractivity contribution in [2.75, 3.05) is 14.2 Å². The number of halogens is 1. The number of imide groups is 1. The molecule has 1 heterocycles. The first kappa shape index (κ1) is 18.2. The number of ether oxygens (including phenoxy) is 2.